The molecule has 0 spiro atoms. The number of thiophene rings is 1. The van der Waals surface area contributed by atoms with E-state index in [1.54, 1.807) is 7.05 Å². The zero-order valence-corrected chi connectivity index (χ0v) is 13.5. The standard InChI is InChI=1S/C14H17NO4S2/c1-15(7-8-21(2,18)19)9-11-10-5-3-4-6-12(10)20-13(11)14(16)17/h3-6H,7-9H2,1-2H3,(H,16,17). The second-order valence-electron chi connectivity index (χ2n) is 5.08. The minimum Gasteiger partial charge on any atom is -0.477 e. The van der Waals surface area contributed by atoms with Crippen molar-refractivity contribution in [2.75, 3.05) is 25.6 Å². The average molecular weight is 327 g/mol. The Morgan fingerprint density at radius 1 is 1.33 bits per heavy atom. The normalized spacial score (nSPS) is 12.1. The molecule has 114 valence electrons. The maximum Gasteiger partial charge on any atom is 0.346 e. The molecule has 0 bridgehead atoms. The molecular weight excluding hydrogens is 310 g/mol. The molecule has 21 heavy (non-hydrogen) atoms. The molecule has 1 aromatic heterocycles. The van der Waals surface area contributed by atoms with Gasteiger partial charge in [0, 0.05) is 24.0 Å². The molecule has 0 radical (unpaired) electrons. The Kier molecular flexibility index (Phi) is 4.65. The van der Waals surface area contributed by atoms with Gasteiger partial charge in [0.15, 0.2) is 0 Å². The van der Waals surface area contributed by atoms with Gasteiger partial charge in [-0.15, -0.1) is 11.3 Å². The lowest BCUT2D eigenvalue weighted by molar-refractivity contribution is 0.0700. The first-order valence-electron chi connectivity index (χ1n) is 6.38. The molecule has 7 heteroatoms. The summed E-state index contributed by atoms with van der Waals surface area (Å²) in [5.74, 6) is -0.878. The number of sulfone groups is 1. The zero-order valence-electron chi connectivity index (χ0n) is 11.9. The van der Waals surface area contributed by atoms with Crippen molar-refractivity contribution in [2.45, 2.75) is 6.54 Å². The van der Waals surface area contributed by atoms with E-state index in [2.05, 4.69) is 0 Å². The van der Waals surface area contributed by atoms with Crippen LogP contribution in [0.4, 0.5) is 0 Å². The Bertz CT molecular complexity index is 764. The van der Waals surface area contributed by atoms with Gasteiger partial charge < -0.3 is 10.0 Å². The minimum absolute atomic E-state index is 0.0635. The van der Waals surface area contributed by atoms with Crippen LogP contribution in [0.1, 0.15) is 15.2 Å². The smallest absolute Gasteiger partial charge is 0.346 e. The maximum absolute atomic E-state index is 11.4. The highest BCUT2D eigenvalue weighted by molar-refractivity contribution is 7.90. The average Bonchev–Trinajstić information content (AvgIpc) is 2.75. The lowest BCUT2D eigenvalue weighted by Gasteiger charge is -2.16. The molecule has 0 unspecified atom stereocenters. The van der Waals surface area contributed by atoms with Gasteiger partial charge in [-0.25, -0.2) is 13.2 Å². The molecule has 0 saturated heterocycles. The van der Waals surface area contributed by atoms with Crippen LogP contribution in [0.25, 0.3) is 10.1 Å². The second kappa shape index (κ2) is 6.13. The van der Waals surface area contributed by atoms with Gasteiger partial charge in [-0.2, -0.15) is 0 Å². The van der Waals surface area contributed by atoms with Crippen molar-refractivity contribution in [3.63, 3.8) is 0 Å². The van der Waals surface area contributed by atoms with Crippen LogP contribution in [0.2, 0.25) is 0 Å². The van der Waals surface area contributed by atoms with E-state index in [1.807, 2.05) is 29.2 Å². The van der Waals surface area contributed by atoms with Gasteiger partial charge in [0.25, 0.3) is 0 Å². The van der Waals surface area contributed by atoms with E-state index >= 15 is 0 Å². The van der Waals surface area contributed by atoms with Gasteiger partial charge in [0.1, 0.15) is 14.7 Å². The van der Waals surface area contributed by atoms with Gasteiger partial charge >= 0.3 is 5.97 Å². The molecule has 0 aliphatic carbocycles. The van der Waals surface area contributed by atoms with Gasteiger partial charge in [-0.1, -0.05) is 18.2 Å². The van der Waals surface area contributed by atoms with Gasteiger partial charge in [-0.05, 0) is 24.1 Å². The van der Waals surface area contributed by atoms with Crippen LogP contribution >= 0.6 is 11.3 Å². The number of carboxylic acids is 1. The summed E-state index contributed by atoms with van der Waals surface area (Å²) >= 11 is 1.25. The number of nitrogens with zero attached hydrogens (tertiary/aromatic N) is 1. The number of rotatable bonds is 6. The summed E-state index contributed by atoms with van der Waals surface area (Å²) < 4.78 is 23.3. The third kappa shape index (κ3) is 4.03. The van der Waals surface area contributed by atoms with Crippen molar-refractivity contribution in [3.05, 3.63) is 34.7 Å². The van der Waals surface area contributed by atoms with Crippen LogP contribution < -0.4 is 0 Å². The summed E-state index contributed by atoms with van der Waals surface area (Å²) in [5, 5.41) is 10.3. The van der Waals surface area contributed by atoms with E-state index in [0.29, 0.717) is 18.0 Å². The van der Waals surface area contributed by atoms with Crippen LogP contribution in [-0.2, 0) is 16.4 Å². The molecule has 1 aromatic carbocycles. The van der Waals surface area contributed by atoms with Gasteiger partial charge in [0.05, 0.1) is 5.75 Å². The molecule has 0 atom stereocenters. The van der Waals surface area contributed by atoms with Crippen LogP contribution in [0.3, 0.4) is 0 Å². The lowest BCUT2D eigenvalue weighted by Crippen LogP contribution is -2.25. The van der Waals surface area contributed by atoms with Crippen LogP contribution in [0.15, 0.2) is 24.3 Å². The molecule has 2 aromatic rings. The highest BCUT2D eigenvalue weighted by atomic mass is 32.2. The molecule has 5 nitrogen and oxygen atoms in total. The minimum atomic E-state index is -3.02. The predicted octanol–water partition coefficient (Wildman–Crippen LogP) is 2.08. The number of benzene rings is 1. The lowest BCUT2D eigenvalue weighted by atomic mass is 10.1. The quantitative estimate of drug-likeness (QED) is 0.879. The first-order chi connectivity index (χ1) is 9.78. The Balaban J connectivity index is 2.28. The van der Waals surface area contributed by atoms with E-state index in [-0.39, 0.29) is 5.75 Å². The van der Waals surface area contributed by atoms with Crippen molar-refractivity contribution in [1.82, 2.24) is 4.90 Å². The van der Waals surface area contributed by atoms with Gasteiger partial charge in [0.2, 0.25) is 0 Å². The Morgan fingerprint density at radius 2 is 2.00 bits per heavy atom. The monoisotopic (exact) mass is 327 g/mol. The van der Waals surface area contributed by atoms with Crippen molar-refractivity contribution >= 4 is 37.2 Å². The first-order valence-corrected chi connectivity index (χ1v) is 9.25. The van der Waals surface area contributed by atoms with E-state index in [9.17, 15) is 18.3 Å². The van der Waals surface area contributed by atoms with E-state index in [0.717, 1.165) is 15.6 Å². The molecule has 2 rings (SSSR count). The molecule has 0 saturated carbocycles. The Morgan fingerprint density at radius 3 is 2.62 bits per heavy atom. The molecule has 0 aliphatic heterocycles. The Labute approximate surface area is 127 Å². The highest BCUT2D eigenvalue weighted by Gasteiger charge is 2.19. The van der Waals surface area contributed by atoms with Crippen molar-refractivity contribution in [3.8, 4) is 0 Å². The summed E-state index contributed by atoms with van der Waals surface area (Å²) in [4.78, 5) is 13.5. The fourth-order valence-electron chi connectivity index (χ4n) is 2.10. The molecule has 0 fully saturated rings. The van der Waals surface area contributed by atoms with Crippen LogP contribution in [0.5, 0.6) is 0 Å². The number of hydrogen-bond donors (Lipinski definition) is 1. The summed E-state index contributed by atoms with van der Waals surface area (Å²) in [6.07, 6.45) is 1.20. The first kappa shape index (κ1) is 15.9. The summed E-state index contributed by atoms with van der Waals surface area (Å²) in [6.45, 7) is 0.795. The van der Waals surface area contributed by atoms with Crippen LogP contribution in [-0.4, -0.2) is 50.0 Å². The van der Waals surface area contributed by atoms with Crippen molar-refractivity contribution in [1.29, 1.82) is 0 Å². The Hall–Kier alpha value is -1.44. The topological polar surface area (TPSA) is 74.7 Å². The third-order valence-corrected chi connectivity index (χ3v) is 5.29. The summed E-state index contributed by atoms with van der Waals surface area (Å²) in [6, 6.07) is 7.55. The number of hydrogen-bond acceptors (Lipinski definition) is 5. The zero-order chi connectivity index (χ0) is 15.6. The predicted molar refractivity (Wildman–Crippen MR) is 84.8 cm³/mol. The molecular formula is C14H17NO4S2. The number of carboxylic acid groups (broad SMARTS) is 1. The fourth-order valence-corrected chi connectivity index (χ4v) is 3.80. The van der Waals surface area contributed by atoms with Crippen molar-refractivity contribution in [2.24, 2.45) is 0 Å². The maximum atomic E-state index is 11.4. The van der Waals surface area contributed by atoms with E-state index < -0.39 is 15.8 Å². The number of carbonyl (C=O) groups is 1. The van der Waals surface area contributed by atoms with Crippen LogP contribution in [0, 0.1) is 0 Å². The van der Waals surface area contributed by atoms with Crippen molar-refractivity contribution < 1.29 is 18.3 Å². The van der Waals surface area contributed by atoms with Gasteiger partial charge in [-0.3, -0.25) is 0 Å². The largest absolute Gasteiger partial charge is 0.477 e. The third-order valence-electron chi connectivity index (χ3n) is 3.16. The fraction of sp³-hybridized carbons (Fsp3) is 0.357. The summed E-state index contributed by atoms with van der Waals surface area (Å²) in [7, 11) is -1.23. The number of fused-ring (bicyclic) bond motifs is 1. The molecule has 1 heterocycles. The SMILES string of the molecule is CN(CCS(C)(=O)=O)Cc1c(C(=O)O)sc2ccccc12. The second-order valence-corrected chi connectivity index (χ2v) is 8.39. The molecule has 0 aliphatic rings. The molecule has 1 N–H and O–H groups in total. The van der Waals surface area contributed by atoms with E-state index in [1.165, 1.54) is 17.6 Å². The summed E-state index contributed by atoms with van der Waals surface area (Å²) in [5.41, 5.74) is 0.749. The number of aromatic carboxylic acids is 1. The molecule has 0 amide bonds. The van der Waals surface area contributed by atoms with E-state index in [4.69, 9.17) is 0 Å². The highest BCUT2D eigenvalue weighted by Crippen LogP contribution is 2.32.